The summed E-state index contributed by atoms with van der Waals surface area (Å²) in [5.41, 5.74) is 2.66. The van der Waals surface area contributed by atoms with Crippen molar-refractivity contribution in [1.82, 2.24) is 19.7 Å². The summed E-state index contributed by atoms with van der Waals surface area (Å²) >= 11 is 0. The van der Waals surface area contributed by atoms with Crippen molar-refractivity contribution in [2.45, 2.75) is 31.6 Å². The van der Waals surface area contributed by atoms with Crippen LogP contribution < -0.4 is 0 Å². The maximum atomic E-state index is 13.3. The van der Waals surface area contributed by atoms with Crippen molar-refractivity contribution in [2.75, 3.05) is 13.1 Å². The van der Waals surface area contributed by atoms with E-state index >= 15 is 0 Å². The molecule has 7 heteroatoms. The second kappa shape index (κ2) is 9.52. The molecule has 3 rings (SSSR count). The van der Waals surface area contributed by atoms with Crippen LogP contribution in [0, 0.1) is 0 Å². The van der Waals surface area contributed by atoms with E-state index in [1.807, 2.05) is 22.7 Å². The van der Waals surface area contributed by atoms with E-state index in [9.17, 15) is 4.79 Å². The quantitative estimate of drug-likeness (QED) is 0.404. The van der Waals surface area contributed by atoms with Gasteiger partial charge in [0.1, 0.15) is 5.69 Å². The SMILES string of the molecule is [B]C1(Cn2cc(C=C)cn2)CCN(C(=O)c2cccnc2/C(=C/C=C)N=CC)CC1. The normalized spacial score (nSPS) is 16.6. The Labute approximate surface area is 179 Å². The van der Waals surface area contributed by atoms with Gasteiger partial charge >= 0.3 is 0 Å². The van der Waals surface area contributed by atoms with Gasteiger partial charge in [0.2, 0.25) is 0 Å². The first-order valence-corrected chi connectivity index (χ1v) is 9.99. The Morgan fingerprint density at radius 1 is 1.37 bits per heavy atom. The molecule has 2 aromatic heterocycles. The molecule has 6 nitrogen and oxygen atoms in total. The Balaban J connectivity index is 1.73. The first-order valence-electron chi connectivity index (χ1n) is 9.99. The summed E-state index contributed by atoms with van der Waals surface area (Å²) in [4.78, 5) is 23.8. The topological polar surface area (TPSA) is 63.4 Å². The molecule has 2 aromatic rings. The van der Waals surface area contributed by atoms with Crippen molar-refractivity contribution in [3.8, 4) is 0 Å². The van der Waals surface area contributed by atoms with Gasteiger partial charge in [-0.3, -0.25) is 19.5 Å². The van der Waals surface area contributed by atoms with Crippen molar-refractivity contribution in [3.05, 3.63) is 72.9 Å². The lowest BCUT2D eigenvalue weighted by atomic mass is 9.62. The zero-order valence-electron chi connectivity index (χ0n) is 17.4. The Morgan fingerprint density at radius 2 is 2.13 bits per heavy atom. The average Bonchev–Trinajstić information content (AvgIpc) is 3.20. The standard InChI is InChI=1S/C23H26BN5O/c1-4-8-20(25-6-3)21-19(9-7-12-26-21)22(30)28-13-10-23(24,11-14-28)17-29-16-18(5-2)15-27-29/h4-9,12,15-16H,1-2,10-11,13-14,17H2,3H3/b20-8-,25-6?. The number of nitrogens with zero attached hydrogens (tertiary/aromatic N) is 5. The molecule has 30 heavy (non-hydrogen) atoms. The fourth-order valence-electron chi connectivity index (χ4n) is 3.59. The van der Waals surface area contributed by atoms with Crippen LogP contribution in [-0.4, -0.2) is 52.7 Å². The molecule has 0 N–H and O–H groups in total. The fourth-order valence-corrected chi connectivity index (χ4v) is 3.59. The van der Waals surface area contributed by atoms with Gasteiger partial charge in [0.05, 0.1) is 25.3 Å². The molecule has 1 saturated heterocycles. The van der Waals surface area contributed by atoms with Crippen LogP contribution in [0.25, 0.3) is 11.8 Å². The number of hydrogen-bond donors (Lipinski definition) is 0. The Hall–Kier alpha value is -3.22. The van der Waals surface area contributed by atoms with Crippen LogP contribution in [0.4, 0.5) is 0 Å². The molecule has 0 aromatic carbocycles. The van der Waals surface area contributed by atoms with Crippen molar-refractivity contribution in [2.24, 2.45) is 4.99 Å². The molecule has 1 aliphatic heterocycles. The third kappa shape index (κ3) is 4.85. The lowest BCUT2D eigenvalue weighted by molar-refractivity contribution is 0.0690. The lowest BCUT2D eigenvalue weighted by Gasteiger charge is -2.40. The summed E-state index contributed by atoms with van der Waals surface area (Å²) in [7, 11) is 6.62. The number of piperidine rings is 1. The first-order chi connectivity index (χ1) is 14.5. The molecule has 2 radical (unpaired) electrons. The van der Waals surface area contributed by atoms with Crippen LogP contribution in [0.3, 0.4) is 0 Å². The highest BCUT2D eigenvalue weighted by molar-refractivity contribution is 6.15. The monoisotopic (exact) mass is 399 g/mol. The zero-order chi connectivity index (χ0) is 21.6. The molecule has 1 fully saturated rings. The van der Waals surface area contributed by atoms with Gasteiger partial charge < -0.3 is 4.90 Å². The third-order valence-electron chi connectivity index (χ3n) is 5.24. The van der Waals surface area contributed by atoms with E-state index in [0.29, 0.717) is 49.4 Å². The first kappa shape index (κ1) is 21.5. The van der Waals surface area contributed by atoms with Crippen LogP contribution in [0.15, 0.2) is 61.0 Å². The number of pyridine rings is 1. The number of likely N-dealkylation sites (tertiary alicyclic amines) is 1. The van der Waals surface area contributed by atoms with E-state index in [4.69, 9.17) is 7.85 Å². The highest BCUT2D eigenvalue weighted by atomic mass is 16.2. The minimum atomic E-state index is -0.403. The molecule has 152 valence electrons. The number of carbonyl (C=O) groups excluding carboxylic acids is 1. The maximum absolute atomic E-state index is 13.3. The molecular weight excluding hydrogens is 373 g/mol. The van der Waals surface area contributed by atoms with Crippen LogP contribution in [0.5, 0.6) is 0 Å². The van der Waals surface area contributed by atoms with E-state index in [1.165, 1.54) is 0 Å². The molecule has 0 spiro atoms. The number of rotatable bonds is 7. The molecule has 1 amide bonds. The van der Waals surface area contributed by atoms with Crippen LogP contribution in [-0.2, 0) is 6.54 Å². The zero-order valence-corrected chi connectivity index (χ0v) is 17.4. The van der Waals surface area contributed by atoms with Crippen molar-refractivity contribution >= 4 is 31.7 Å². The second-order valence-electron chi connectivity index (χ2n) is 7.40. The molecule has 1 aliphatic rings. The summed E-state index contributed by atoms with van der Waals surface area (Å²) in [5, 5.41) is 3.94. The van der Waals surface area contributed by atoms with Gasteiger partial charge in [-0.15, -0.1) is 0 Å². The summed E-state index contributed by atoms with van der Waals surface area (Å²) in [6, 6.07) is 3.56. The maximum Gasteiger partial charge on any atom is 0.256 e. The summed E-state index contributed by atoms with van der Waals surface area (Å²) in [6.07, 6.45) is 13.6. The average molecular weight is 399 g/mol. The molecular formula is C23H26BN5O. The van der Waals surface area contributed by atoms with Gasteiger partial charge in [-0.1, -0.05) is 25.3 Å². The summed E-state index contributed by atoms with van der Waals surface area (Å²) in [5.74, 6) is -0.0607. The fraction of sp³-hybridized carbons (Fsp3) is 0.304. The highest BCUT2D eigenvalue weighted by Crippen LogP contribution is 2.37. The predicted octanol–water partition coefficient (Wildman–Crippen LogP) is 3.80. The van der Waals surface area contributed by atoms with Gasteiger partial charge in [-0.2, -0.15) is 5.10 Å². The van der Waals surface area contributed by atoms with Gasteiger partial charge in [0, 0.05) is 43.8 Å². The number of carbonyl (C=O) groups is 1. The Morgan fingerprint density at radius 3 is 2.77 bits per heavy atom. The van der Waals surface area contributed by atoms with Gasteiger partial charge in [0.15, 0.2) is 0 Å². The molecule has 3 heterocycles. The molecule has 0 unspecified atom stereocenters. The lowest BCUT2D eigenvalue weighted by Crippen LogP contribution is -2.42. The van der Waals surface area contributed by atoms with Crippen LogP contribution >= 0.6 is 0 Å². The smallest absolute Gasteiger partial charge is 0.256 e. The second-order valence-corrected chi connectivity index (χ2v) is 7.40. The number of allylic oxidation sites excluding steroid dienone is 2. The summed E-state index contributed by atoms with van der Waals surface area (Å²) < 4.78 is 1.85. The molecule has 0 aliphatic carbocycles. The minimum Gasteiger partial charge on any atom is -0.339 e. The van der Waals surface area contributed by atoms with Gasteiger partial charge in [-0.25, -0.2) is 0 Å². The highest BCUT2D eigenvalue weighted by Gasteiger charge is 2.33. The minimum absolute atomic E-state index is 0.0607. The molecule has 0 bridgehead atoms. The Bertz CT molecular complexity index is 983. The predicted molar refractivity (Wildman–Crippen MR) is 122 cm³/mol. The molecule has 0 atom stereocenters. The van der Waals surface area contributed by atoms with E-state index in [0.717, 1.165) is 5.56 Å². The van der Waals surface area contributed by atoms with Crippen molar-refractivity contribution in [3.63, 3.8) is 0 Å². The van der Waals surface area contributed by atoms with Gasteiger partial charge in [0.25, 0.3) is 5.91 Å². The van der Waals surface area contributed by atoms with E-state index in [1.54, 1.807) is 49.0 Å². The largest absolute Gasteiger partial charge is 0.339 e. The summed E-state index contributed by atoms with van der Waals surface area (Å²) in [6.45, 7) is 11.1. The number of hydrogen-bond acceptors (Lipinski definition) is 4. The molecule has 0 saturated carbocycles. The number of aromatic nitrogens is 3. The number of amides is 1. The van der Waals surface area contributed by atoms with Crippen LogP contribution in [0.2, 0.25) is 5.31 Å². The van der Waals surface area contributed by atoms with E-state index in [-0.39, 0.29) is 5.91 Å². The number of aliphatic imine (C=N–C) groups is 1. The third-order valence-corrected chi connectivity index (χ3v) is 5.24. The van der Waals surface area contributed by atoms with Crippen molar-refractivity contribution < 1.29 is 4.79 Å². The van der Waals surface area contributed by atoms with Gasteiger partial charge in [-0.05, 0) is 43.3 Å². The van der Waals surface area contributed by atoms with E-state index in [2.05, 4.69) is 28.2 Å². The van der Waals surface area contributed by atoms with E-state index < -0.39 is 5.31 Å². The Kier molecular flexibility index (Phi) is 6.82. The van der Waals surface area contributed by atoms with Crippen molar-refractivity contribution in [1.29, 1.82) is 0 Å². The van der Waals surface area contributed by atoms with Crippen LogP contribution in [0.1, 0.15) is 41.4 Å².